The third-order valence-corrected chi connectivity index (χ3v) is 5.19. The third kappa shape index (κ3) is 3.97. The number of rotatable bonds is 7. The molecule has 148 valence electrons. The summed E-state index contributed by atoms with van der Waals surface area (Å²) in [5.41, 5.74) is 5.61. The second-order valence-electron chi connectivity index (χ2n) is 6.69. The fourth-order valence-corrected chi connectivity index (χ4v) is 3.69. The van der Waals surface area contributed by atoms with Gasteiger partial charge in [-0.1, -0.05) is 23.4 Å². The molecule has 0 fully saturated rings. The van der Waals surface area contributed by atoms with Gasteiger partial charge >= 0.3 is 5.97 Å². The van der Waals surface area contributed by atoms with Crippen molar-refractivity contribution in [1.29, 1.82) is 0 Å². The summed E-state index contributed by atoms with van der Waals surface area (Å²) >= 11 is 6.11. The van der Waals surface area contributed by atoms with E-state index >= 15 is 0 Å². The van der Waals surface area contributed by atoms with Crippen molar-refractivity contribution in [3.05, 3.63) is 52.6 Å². The van der Waals surface area contributed by atoms with E-state index in [1.165, 1.54) is 0 Å². The monoisotopic (exact) mass is 401 g/mol. The van der Waals surface area contributed by atoms with Crippen LogP contribution in [-0.4, -0.2) is 34.7 Å². The van der Waals surface area contributed by atoms with Gasteiger partial charge in [-0.15, -0.1) is 16.7 Å². The van der Waals surface area contributed by atoms with E-state index in [1.54, 1.807) is 18.7 Å². The molecule has 1 heterocycles. The molecule has 0 saturated carbocycles. The zero-order valence-electron chi connectivity index (χ0n) is 16.5. The molecule has 1 aromatic heterocycles. The molecule has 0 radical (unpaired) electrons. The highest BCUT2D eigenvalue weighted by atomic mass is 35.5. The van der Waals surface area contributed by atoms with Crippen molar-refractivity contribution in [2.75, 3.05) is 13.7 Å². The van der Waals surface area contributed by atoms with Gasteiger partial charge in [-0.3, -0.25) is 4.79 Å². The third-order valence-electron chi connectivity index (χ3n) is 4.91. The quantitative estimate of drug-likeness (QED) is 0.440. The van der Waals surface area contributed by atoms with Crippen LogP contribution in [-0.2, 0) is 22.5 Å². The minimum absolute atomic E-state index is 0.207. The SMILES string of the molecule is CCOC(=O)CC(c1ccc(C)c(CCl)c1)c1cc(OC)c2c(c1)nnn2C. The normalized spacial score (nSPS) is 12.2. The molecule has 0 spiro atoms. The maximum absolute atomic E-state index is 12.3. The Morgan fingerprint density at radius 2 is 2.04 bits per heavy atom. The lowest BCUT2D eigenvalue weighted by Gasteiger charge is -2.20. The van der Waals surface area contributed by atoms with E-state index in [1.807, 2.05) is 38.2 Å². The van der Waals surface area contributed by atoms with E-state index in [4.69, 9.17) is 21.1 Å². The second kappa shape index (κ2) is 8.61. The van der Waals surface area contributed by atoms with Gasteiger partial charge < -0.3 is 9.47 Å². The Morgan fingerprint density at radius 1 is 1.25 bits per heavy atom. The molecular formula is C21H24ClN3O3. The van der Waals surface area contributed by atoms with Crippen LogP contribution in [0, 0.1) is 6.92 Å². The average Bonchev–Trinajstić information content (AvgIpc) is 3.07. The Balaban J connectivity index is 2.13. The minimum atomic E-state index is -0.251. The molecule has 6 nitrogen and oxygen atoms in total. The summed E-state index contributed by atoms with van der Waals surface area (Å²) in [7, 11) is 3.43. The number of aromatic nitrogens is 3. The molecule has 0 aliphatic heterocycles. The molecule has 1 atom stereocenters. The van der Waals surface area contributed by atoms with Crippen LogP contribution < -0.4 is 4.74 Å². The predicted octanol–water partition coefficient (Wildman–Crippen LogP) is 4.11. The minimum Gasteiger partial charge on any atom is -0.494 e. The molecule has 2 aromatic carbocycles. The summed E-state index contributed by atoms with van der Waals surface area (Å²) in [6, 6.07) is 10.0. The molecule has 3 aromatic rings. The van der Waals surface area contributed by atoms with Crippen LogP contribution in [0.3, 0.4) is 0 Å². The highest BCUT2D eigenvalue weighted by Gasteiger charge is 2.23. The molecule has 0 amide bonds. The Morgan fingerprint density at radius 3 is 2.71 bits per heavy atom. The van der Waals surface area contributed by atoms with Crippen molar-refractivity contribution in [3.8, 4) is 5.75 Å². The summed E-state index contributed by atoms with van der Waals surface area (Å²) in [6.45, 7) is 4.18. The molecule has 28 heavy (non-hydrogen) atoms. The number of aryl methyl sites for hydroxylation is 2. The van der Waals surface area contributed by atoms with Gasteiger partial charge in [0.2, 0.25) is 0 Å². The van der Waals surface area contributed by atoms with Gasteiger partial charge in [0, 0.05) is 18.8 Å². The summed E-state index contributed by atoms with van der Waals surface area (Å²) in [5, 5.41) is 8.31. The van der Waals surface area contributed by atoms with Gasteiger partial charge in [0.1, 0.15) is 16.8 Å². The number of methoxy groups -OCH3 is 1. The first-order chi connectivity index (χ1) is 13.5. The van der Waals surface area contributed by atoms with E-state index in [0.717, 1.165) is 33.3 Å². The maximum atomic E-state index is 12.3. The van der Waals surface area contributed by atoms with Crippen LogP contribution in [0.25, 0.3) is 11.0 Å². The van der Waals surface area contributed by atoms with Gasteiger partial charge in [0.05, 0.1) is 20.1 Å². The van der Waals surface area contributed by atoms with Crippen LogP contribution in [0.4, 0.5) is 0 Å². The fourth-order valence-electron chi connectivity index (χ4n) is 3.40. The molecule has 7 heteroatoms. The number of esters is 1. The number of hydrogen-bond acceptors (Lipinski definition) is 5. The first-order valence-corrected chi connectivity index (χ1v) is 9.70. The van der Waals surface area contributed by atoms with Crippen molar-refractivity contribution in [1.82, 2.24) is 15.0 Å². The summed E-state index contributed by atoms with van der Waals surface area (Å²) < 4.78 is 12.5. The molecule has 3 rings (SSSR count). The number of benzene rings is 2. The van der Waals surface area contributed by atoms with Gasteiger partial charge in [-0.05, 0) is 48.2 Å². The predicted molar refractivity (Wildman–Crippen MR) is 109 cm³/mol. The Kier molecular flexibility index (Phi) is 6.19. The first kappa shape index (κ1) is 20.1. The molecule has 0 bridgehead atoms. The second-order valence-corrected chi connectivity index (χ2v) is 6.95. The van der Waals surface area contributed by atoms with Crippen molar-refractivity contribution >= 4 is 28.6 Å². The Hall–Kier alpha value is -2.60. The van der Waals surface area contributed by atoms with E-state index in [-0.39, 0.29) is 18.3 Å². The van der Waals surface area contributed by atoms with Crippen molar-refractivity contribution in [3.63, 3.8) is 0 Å². The standard InChI is InChI=1S/C21H24ClN3O3/c1-5-28-20(26)11-17(14-7-6-13(2)16(8-14)12-22)15-9-18-21(19(10-15)27-4)25(3)24-23-18/h6-10,17H,5,11-12H2,1-4H3. The number of hydrogen-bond donors (Lipinski definition) is 0. The van der Waals surface area contributed by atoms with Crippen molar-refractivity contribution < 1.29 is 14.3 Å². The first-order valence-electron chi connectivity index (χ1n) is 9.16. The number of carbonyl (C=O) groups excluding carboxylic acids is 1. The van der Waals surface area contributed by atoms with E-state index in [2.05, 4.69) is 16.4 Å². The highest BCUT2D eigenvalue weighted by Crippen LogP contribution is 2.35. The molecule has 0 N–H and O–H groups in total. The van der Waals surface area contributed by atoms with Gasteiger partial charge in [0.25, 0.3) is 0 Å². The van der Waals surface area contributed by atoms with Gasteiger partial charge in [-0.2, -0.15) is 0 Å². The molecule has 1 unspecified atom stereocenters. The number of halogens is 1. The Bertz CT molecular complexity index is 1000. The molecule has 0 saturated heterocycles. The topological polar surface area (TPSA) is 66.2 Å². The van der Waals surface area contributed by atoms with E-state index < -0.39 is 0 Å². The fraction of sp³-hybridized carbons (Fsp3) is 0.381. The van der Waals surface area contributed by atoms with Gasteiger partial charge in [0.15, 0.2) is 0 Å². The molecular weight excluding hydrogens is 378 g/mol. The van der Waals surface area contributed by atoms with Crippen LogP contribution in [0.2, 0.25) is 0 Å². The summed E-state index contributed by atoms with van der Waals surface area (Å²) in [6.07, 6.45) is 0.216. The molecule has 0 aliphatic carbocycles. The Labute approximate surface area is 169 Å². The van der Waals surface area contributed by atoms with E-state index in [0.29, 0.717) is 18.2 Å². The number of alkyl halides is 1. The highest BCUT2D eigenvalue weighted by molar-refractivity contribution is 6.17. The maximum Gasteiger partial charge on any atom is 0.306 e. The van der Waals surface area contributed by atoms with Crippen LogP contribution >= 0.6 is 11.6 Å². The lowest BCUT2D eigenvalue weighted by atomic mass is 9.86. The number of fused-ring (bicyclic) bond motifs is 1. The zero-order valence-corrected chi connectivity index (χ0v) is 17.3. The van der Waals surface area contributed by atoms with Crippen molar-refractivity contribution in [2.24, 2.45) is 7.05 Å². The van der Waals surface area contributed by atoms with Crippen LogP contribution in [0.5, 0.6) is 5.75 Å². The lowest BCUT2D eigenvalue weighted by molar-refractivity contribution is -0.143. The number of ether oxygens (including phenoxy) is 2. The smallest absolute Gasteiger partial charge is 0.306 e. The molecule has 0 aliphatic rings. The number of nitrogens with zero attached hydrogens (tertiary/aromatic N) is 3. The van der Waals surface area contributed by atoms with Crippen LogP contribution in [0.15, 0.2) is 30.3 Å². The zero-order chi connectivity index (χ0) is 20.3. The average molecular weight is 402 g/mol. The van der Waals surface area contributed by atoms with Crippen LogP contribution in [0.1, 0.15) is 41.5 Å². The van der Waals surface area contributed by atoms with Gasteiger partial charge in [-0.25, -0.2) is 4.68 Å². The van der Waals surface area contributed by atoms with E-state index in [9.17, 15) is 4.79 Å². The largest absolute Gasteiger partial charge is 0.494 e. The summed E-state index contributed by atoms with van der Waals surface area (Å²) in [4.78, 5) is 12.3. The van der Waals surface area contributed by atoms with Crippen molar-refractivity contribution in [2.45, 2.75) is 32.1 Å². The number of carbonyl (C=O) groups is 1. The lowest BCUT2D eigenvalue weighted by Crippen LogP contribution is -2.12. The summed E-state index contributed by atoms with van der Waals surface area (Å²) in [5.74, 6) is 0.623.